The van der Waals surface area contributed by atoms with E-state index in [9.17, 15) is 9.59 Å². The molecule has 5 heteroatoms. The van der Waals surface area contributed by atoms with Gasteiger partial charge in [0.05, 0.1) is 27.1 Å². The van der Waals surface area contributed by atoms with E-state index >= 15 is 0 Å². The molecule has 0 bridgehead atoms. The van der Waals surface area contributed by atoms with Crippen molar-refractivity contribution in [2.75, 3.05) is 33.8 Å². The molecule has 20 heavy (non-hydrogen) atoms. The number of rotatable bonds is 7. The minimum atomic E-state index is -0.264. The number of carbonyl (C=O) groups excluding carboxylic acids is 2. The first-order valence-corrected chi connectivity index (χ1v) is 6.44. The van der Waals surface area contributed by atoms with Crippen LogP contribution in [0.1, 0.15) is 23.7 Å². The van der Waals surface area contributed by atoms with E-state index in [0.29, 0.717) is 24.1 Å². The lowest BCUT2D eigenvalue weighted by molar-refractivity contribution is -0.889. The lowest BCUT2D eigenvalue weighted by Gasteiger charge is -2.29. The third kappa shape index (κ3) is 7.59. The van der Waals surface area contributed by atoms with Crippen LogP contribution in [-0.4, -0.2) is 50.0 Å². The number of quaternary nitrogens is 1. The zero-order chi connectivity index (χ0) is 14.3. The molecule has 0 saturated heterocycles. The largest absolute Gasteiger partial charge is 1.00 e. The van der Waals surface area contributed by atoms with Crippen LogP contribution in [0.4, 0.5) is 0 Å². The average molecular weight is 391 g/mol. The van der Waals surface area contributed by atoms with Crippen molar-refractivity contribution in [1.82, 2.24) is 0 Å². The fourth-order valence-electron chi connectivity index (χ4n) is 1.72. The number of carbonyl (C=O) groups is 2. The second-order valence-corrected chi connectivity index (χ2v) is 5.26. The first kappa shape index (κ1) is 19.1. The van der Waals surface area contributed by atoms with E-state index in [1.165, 1.54) is 6.92 Å². The molecule has 0 radical (unpaired) electrons. The molecule has 1 aromatic rings. The summed E-state index contributed by atoms with van der Waals surface area (Å²) < 4.78 is 5.59. The van der Waals surface area contributed by atoms with Gasteiger partial charge in [-0.1, -0.05) is 30.3 Å². The molecular weight excluding hydrogens is 369 g/mol. The second kappa shape index (κ2) is 9.07. The second-order valence-electron chi connectivity index (χ2n) is 5.26. The molecule has 0 aliphatic heterocycles. The molecule has 0 aromatic heterocycles. The Morgan fingerprint density at radius 2 is 1.70 bits per heavy atom. The van der Waals surface area contributed by atoms with E-state index in [2.05, 4.69) is 0 Å². The molecular formula is C15H22INO3. The number of Topliss-reactive ketones (excluding diaryl/α,β-unsaturated/α-hetero) is 1. The van der Waals surface area contributed by atoms with Crippen LogP contribution < -0.4 is 24.0 Å². The van der Waals surface area contributed by atoms with Crippen molar-refractivity contribution in [3.8, 4) is 0 Å². The number of ketones is 1. The van der Waals surface area contributed by atoms with Gasteiger partial charge in [0.15, 0.2) is 5.78 Å². The van der Waals surface area contributed by atoms with E-state index in [4.69, 9.17) is 4.74 Å². The molecule has 1 aromatic carbocycles. The fraction of sp³-hybridized carbons (Fsp3) is 0.467. The van der Waals surface area contributed by atoms with Gasteiger partial charge in [-0.3, -0.25) is 9.59 Å². The molecule has 0 fully saturated rings. The molecule has 0 N–H and O–H groups in total. The maximum atomic E-state index is 12.0. The minimum absolute atomic E-state index is 0. The summed E-state index contributed by atoms with van der Waals surface area (Å²) in [5.74, 6) is -0.111. The maximum absolute atomic E-state index is 12.0. The molecule has 0 spiro atoms. The predicted molar refractivity (Wildman–Crippen MR) is 73.9 cm³/mol. The number of likely N-dealkylation sites (N-methyl/N-ethyl adjacent to an activating group) is 1. The highest BCUT2D eigenvalue weighted by Gasteiger charge is 2.18. The van der Waals surface area contributed by atoms with Crippen LogP contribution >= 0.6 is 0 Å². The van der Waals surface area contributed by atoms with E-state index in [1.807, 2.05) is 44.4 Å². The monoisotopic (exact) mass is 391 g/mol. The Balaban J connectivity index is 0.00000361. The third-order valence-electron chi connectivity index (χ3n) is 3.04. The Hall–Kier alpha value is -0.950. The van der Waals surface area contributed by atoms with Gasteiger partial charge in [-0.05, 0) is 0 Å². The van der Waals surface area contributed by atoms with Gasteiger partial charge in [0.2, 0.25) is 0 Å². The Kier molecular flexibility index (Phi) is 8.64. The molecule has 0 aliphatic rings. The van der Waals surface area contributed by atoms with Crippen molar-refractivity contribution >= 4 is 11.8 Å². The Morgan fingerprint density at radius 1 is 1.10 bits per heavy atom. The van der Waals surface area contributed by atoms with E-state index in [1.54, 1.807) is 0 Å². The van der Waals surface area contributed by atoms with Gasteiger partial charge < -0.3 is 33.2 Å². The van der Waals surface area contributed by atoms with Crippen LogP contribution in [0.25, 0.3) is 0 Å². The maximum Gasteiger partial charge on any atom is 0.302 e. The van der Waals surface area contributed by atoms with Gasteiger partial charge in [-0.15, -0.1) is 0 Å². The third-order valence-corrected chi connectivity index (χ3v) is 3.04. The van der Waals surface area contributed by atoms with Crippen LogP contribution in [0.15, 0.2) is 30.3 Å². The summed E-state index contributed by atoms with van der Waals surface area (Å²) in [5.41, 5.74) is 0.752. The molecule has 0 saturated carbocycles. The Bertz CT molecular complexity index is 432. The number of benzene rings is 1. The SMILES string of the molecule is CC(=O)OCC[N+](C)(C)CCC(=O)c1ccccc1.[I-]. The van der Waals surface area contributed by atoms with Crippen LogP contribution in [0, 0.1) is 0 Å². The average Bonchev–Trinajstić information content (AvgIpc) is 2.36. The van der Waals surface area contributed by atoms with Crippen LogP contribution in [0.5, 0.6) is 0 Å². The number of ether oxygens (including phenoxy) is 1. The topological polar surface area (TPSA) is 43.4 Å². The van der Waals surface area contributed by atoms with E-state index in [-0.39, 0.29) is 35.7 Å². The summed E-state index contributed by atoms with van der Waals surface area (Å²) in [4.78, 5) is 22.7. The molecule has 0 aliphatic carbocycles. The van der Waals surface area contributed by atoms with Crippen molar-refractivity contribution < 1.29 is 42.8 Å². The van der Waals surface area contributed by atoms with E-state index in [0.717, 1.165) is 12.1 Å². The van der Waals surface area contributed by atoms with Crippen molar-refractivity contribution in [2.45, 2.75) is 13.3 Å². The van der Waals surface area contributed by atoms with Crippen molar-refractivity contribution in [2.24, 2.45) is 0 Å². The molecule has 0 unspecified atom stereocenters. The molecule has 0 atom stereocenters. The van der Waals surface area contributed by atoms with Crippen LogP contribution in [0.3, 0.4) is 0 Å². The number of hydrogen-bond donors (Lipinski definition) is 0. The van der Waals surface area contributed by atoms with Gasteiger partial charge in [-0.2, -0.15) is 0 Å². The number of halogens is 1. The standard InChI is InChI=1S/C15H22NO3.HI/c1-13(17)19-12-11-16(2,3)10-9-15(18)14-7-5-4-6-8-14;/h4-8H,9-12H2,1-3H3;1H/q+1;/p-1. The fourth-order valence-corrected chi connectivity index (χ4v) is 1.72. The van der Waals surface area contributed by atoms with Gasteiger partial charge in [-0.25, -0.2) is 0 Å². The molecule has 1 rings (SSSR count). The molecule has 4 nitrogen and oxygen atoms in total. The lowest BCUT2D eigenvalue weighted by atomic mass is 10.1. The summed E-state index contributed by atoms with van der Waals surface area (Å²) in [6, 6.07) is 9.31. The predicted octanol–water partition coefficient (Wildman–Crippen LogP) is -1.10. The van der Waals surface area contributed by atoms with Gasteiger partial charge in [0, 0.05) is 12.5 Å². The van der Waals surface area contributed by atoms with Gasteiger partial charge in [0.25, 0.3) is 0 Å². The summed E-state index contributed by atoms with van der Waals surface area (Å²) in [6.07, 6.45) is 0.497. The summed E-state index contributed by atoms with van der Waals surface area (Å²) in [5, 5.41) is 0. The smallest absolute Gasteiger partial charge is 0.302 e. The highest BCUT2D eigenvalue weighted by atomic mass is 127. The first-order valence-electron chi connectivity index (χ1n) is 6.44. The quantitative estimate of drug-likeness (QED) is 0.257. The van der Waals surface area contributed by atoms with Gasteiger partial charge >= 0.3 is 5.97 Å². The number of hydrogen-bond acceptors (Lipinski definition) is 3. The highest BCUT2D eigenvalue weighted by Crippen LogP contribution is 2.06. The zero-order valence-corrected chi connectivity index (χ0v) is 14.4. The lowest BCUT2D eigenvalue weighted by Crippen LogP contribution is -3.00. The summed E-state index contributed by atoms with van der Waals surface area (Å²) in [6.45, 7) is 3.23. The van der Waals surface area contributed by atoms with Crippen LogP contribution in [0.2, 0.25) is 0 Å². The number of esters is 1. The van der Waals surface area contributed by atoms with Crippen LogP contribution in [-0.2, 0) is 9.53 Å². The highest BCUT2D eigenvalue weighted by molar-refractivity contribution is 5.96. The zero-order valence-electron chi connectivity index (χ0n) is 12.3. The first-order chi connectivity index (χ1) is 8.91. The minimum Gasteiger partial charge on any atom is -1.00 e. The molecule has 0 amide bonds. The summed E-state index contributed by atoms with van der Waals surface area (Å²) >= 11 is 0. The van der Waals surface area contributed by atoms with Gasteiger partial charge in [0.1, 0.15) is 13.2 Å². The summed E-state index contributed by atoms with van der Waals surface area (Å²) in [7, 11) is 4.06. The van der Waals surface area contributed by atoms with E-state index < -0.39 is 0 Å². The molecule has 0 heterocycles. The molecule has 112 valence electrons. The Labute approximate surface area is 137 Å². The van der Waals surface area contributed by atoms with Crippen molar-refractivity contribution in [1.29, 1.82) is 0 Å². The van der Waals surface area contributed by atoms with Crippen molar-refractivity contribution in [3.05, 3.63) is 35.9 Å². The number of nitrogens with zero attached hydrogens (tertiary/aromatic N) is 1. The van der Waals surface area contributed by atoms with Crippen molar-refractivity contribution in [3.63, 3.8) is 0 Å². The normalized spacial score (nSPS) is 10.6. The Morgan fingerprint density at radius 3 is 2.25 bits per heavy atom.